The molecule has 1 saturated carbocycles. The fourth-order valence-corrected chi connectivity index (χ4v) is 4.84. The number of hydrogen-bond acceptors (Lipinski definition) is 1. The molecule has 0 bridgehead atoms. The Kier molecular flexibility index (Phi) is 3.46. The van der Waals surface area contributed by atoms with E-state index in [2.05, 4.69) is 35.3 Å². The van der Waals surface area contributed by atoms with Gasteiger partial charge < -0.3 is 9.72 Å². The molecule has 0 radical (unpaired) electrons. The Morgan fingerprint density at radius 3 is 2.72 bits per heavy atom. The molecule has 1 fully saturated rings. The molecule has 3 heteroatoms. The van der Waals surface area contributed by atoms with Gasteiger partial charge in [0, 0.05) is 10.9 Å². The van der Waals surface area contributed by atoms with Crippen LogP contribution in [0.1, 0.15) is 48.4 Å². The van der Waals surface area contributed by atoms with Crippen LogP contribution in [0.3, 0.4) is 0 Å². The Bertz CT molecular complexity index is 921. The van der Waals surface area contributed by atoms with Gasteiger partial charge in [-0.2, -0.15) is 0 Å². The highest BCUT2D eigenvalue weighted by molar-refractivity contribution is 5.85. The number of H-pyrrole nitrogens is 1. The lowest BCUT2D eigenvalue weighted by atomic mass is 9.73. The van der Waals surface area contributed by atoms with Crippen LogP contribution in [0.5, 0.6) is 0 Å². The molecule has 128 valence electrons. The number of fused-ring (bicyclic) bond motifs is 4. The van der Waals surface area contributed by atoms with E-state index in [4.69, 9.17) is 4.74 Å². The summed E-state index contributed by atoms with van der Waals surface area (Å²) in [6, 6.07) is 15.7. The Hall–Kier alpha value is -2.13. The van der Waals surface area contributed by atoms with E-state index in [0.29, 0.717) is 5.92 Å². The minimum absolute atomic E-state index is 0.135. The Morgan fingerprint density at radius 2 is 1.88 bits per heavy atom. The lowest BCUT2D eigenvalue weighted by molar-refractivity contribution is -0.0900. The van der Waals surface area contributed by atoms with Crippen LogP contribution in [0.15, 0.2) is 48.5 Å². The highest BCUT2D eigenvalue weighted by atomic mass is 19.1. The maximum absolute atomic E-state index is 13.6. The molecular formula is C22H22FNO. The normalized spacial score (nSPS) is 26.0. The van der Waals surface area contributed by atoms with Gasteiger partial charge in [-0.25, -0.2) is 4.39 Å². The summed E-state index contributed by atoms with van der Waals surface area (Å²) >= 11 is 0. The largest absolute Gasteiger partial charge is 0.368 e. The molecule has 1 spiro atoms. The lowest BCUT2D eigenvalue weighted by Crippen LogP contribution is -2.38. The van der Waals surface area contributed by atoms with Gasteiger partial charge in [0.05, 0.1) is 12.3 Å². The second kappa shape index (κ2) is 5.70. The Morgan fingerprint density at radius 1 is 1.04 bits per heavy atom. The summed E-state index contributed by atoms with van der Waals surface area (Å²) in [5, 5.41) is 1.34. The molecule has 1 aromatic heterocycles. The van der Waals surface area contributed by atoms with Crippen molar-refractivity contribution in [3.8, 4) is 0 Å². The Balaban J connectivity index is 1.47. The van der Waals surface area contributed by atoms with Crippen LogP contribution in [0.25, 0.3) is 10.9 Å². The van der Waals surface area contributed by atoms with Gasteiger partial charge in [-0.15, -0.1) is 0 Å². The zero-order valence-corrected chi connectivity index (χ0v) is 14.2. The number of halogens is 1. The first-order valence-electron chi connectivity index (χ1n) is 9.25. The molecule has 0 unspecified atom stereocenters. The average molecular weight is 335 g/mol. The predicted molar refractivity (Wildman–Crippen MR) is 97.2 cm³/mol. The summed E-state index contributed by atoms with van der Waals surface area (Å²) in [6.07, 6.45) is 5.05. The first-order valence-corrected chi connectivity index (χ1v) is 9.25. The van der Waals surface area contributed by atoms with Crippen LogP contribution in [0.4, 0.5) is 4.39 Å². The van der Waals surface area contributed by atoms with Crippen molar-refractivity contribution in [2.24, 2.45) is 0 Å². The zero-order chi connectivity index (χ0) is 16.9. The summed E-state index contributed by atoms with van der Waals surface area (Å²) in [7, 11) is 0. The van der Waals surface area contributed by atoms with Gasteiger partial charge >= 0.3 is 0 Å². The molecule has 1 aliphatic heterocycles. The zero-order valence-electron chi connectivity index (χ0n) is 14.2. The first kappa shape index (κ1) is 15.2. The highest BCUT2D eigenvalue weighted by Gasteiger charge is 2.43. The van der Waals surface area contributed by atoms with Crippen molar-refractivity contribution in [2.75, 3.05) is 6.61 Å². The first-order chi connectivity index (χ1) is 12.3. The minimum atomic E-state index is -0.184. The molecule has 2 nitrogen and oxygen atoms in total. The molecule has 25 heavy (non-hydrogen) atoms. The quantitative estimate of drug-likeness (QED) is 0.630. The number of rotatable bonds is 1. The van der Waals surface area contributed by atoms with Crippen LogP contribution in [-0.4, -0.2) is 11.6 Å². The van der Waals surface area contributed by atoms with E-state index in [1.165, 1.54) is 28.2 Å². The van der Waals surface area contributed by atoms with Gasteiger partial charge in [0.2, 0.25) is 0 Å². The van der Waals surface area contributed by atoms with Crippen LogP contribution < -0.4 is 0 Å². The minimum Gasteiger partial charge on any atom is -0.368 e. The molecule has 2 heterocycles. The van der Waals surface area contributed by atoms with E-state index in [9.17, 15) is 4.39 Å². The molecule has 2 aliphatic rings. The second-order valence-electron chi connectivity index (χ2n) is 7.45. The van der Waals surface area contributed by atoms with Crippen molar-refractivity contribution < 1.29 is 9.13 Å². The van der Waals surface area contributed by atoms with Crippen molar-refractivity contribution in [2.45, 2.75) is 43.6 Å². The lowest BCUT2D eigenvalue weighted by Gasteiger charge is -2.42. The number of nitrogens with one attached hydrogen (secondary N) is 1. The van der Waals surface area contributed by atoms with Gasteiger partial charge in [0.15, 0.2) is 0 Å². The molecular weight excluding hydrogens is 313 g/mol. The molecule has 3 aromatic rings. The summed E-state index contributed by atoms with van der Waals surface area (Å²) < 4.78 is 19.9. The van der Waals surface area contributed by atoms with Gasteiger partial charge in [-0.3, -0.25) is 0 Å². The number of hydrogen-bond donors (Lipinski definition) is 1. The smallest absolute Gasteiger partial charge is 0.123 e. The van der Waals surface area contributed by atoms with Crippen molar-refractivity contribution in [3.63, 3.8) is 0 Å². The third kappa shape index (κ3) is 2.41. The summed E-state index contributed by atoms with van der Waals surface area (Å²) in [4.78, 5) is 3.66. The monoisotopic (exact) mass is 335 g/mol. The van der Waals surface area contributed by atoms with E-state index < -0.39 is 0 Å². The van der Waals surface area contributed by atoms with Crippen LogP contribution in [0, 0.1) is 5.82 Å². The maximum atomic E-state index is 13.6. The third-order valence-corrected chi connectivity index (χ3v) is 6.11. The van der Waals surface area contributed by atoms with Gasteiger partial charge in [-0.05, 0) is 67.3 Å². The third-order valence-electron chi connectivity index (χ3n) is 6.11. The number of benzene rings is 2. The van der Waals surface area contributed by atoms with E-state index in [0.717, 1.165) is 44.3 Å². The molecule has 1 N–H and O–H groups in total. The second-order valence-corrected chi connectivity index (χ2v) is 7.45. The Labute approximate surface area is 147 Å². The number of aromatic amines is 1. The number of aromatic nitrogens is 1. The molecule has 0 amide bonds. The fourth-order valence-electron chi connectivity index (χ4n) is 4.84. The van der Waals surface area contributed by atoms with Crippen molar-refractivity contribution in [1.29, 1.82) is 0 Å². The maximum Gasteiger partial charge on any atom is 0.123 e. The van der Waals surface area contributed by atoms with Crippen LogP contribution in [-0.2, 0) is 16.8 Å². The molecule has 1 aliphatic carbocycles. The molecule has 2 aromatic carbocycles. The average Bonchev–Trinajstić information content (AvgIpc) is 3.03. The summed E-state index contributed by atoms with van der Waals surface area (Å²) in [5.41, 5.74) is 4.88. The number of para-hydroxylation sites is 1. The van der Waals surface area contributed by atoms with Crippen LogP contribution in [0.2, 0.25) is 0 Å². The highest BCUT2D eigenvalue weighted by Crippen LogP contribution is 2.49. The molecule has 0 saturated heterocycles. The van der Waals surface area contributed by atoms with E-state index >= 15 is 0 Å². The van der Waals surface area contributed by atoms with Gasteiger partial charge in [0.25, 0.3) is 0 Å². The molecule has 0 atom stereocenters. The standard InChI is InChI=1S/C22H22FNO/c23-17-5-3-4-16(14-17)15-8-11-22(12-9-15)21-19(10-13-25-22)18-6-1-2-7-20(18)24-21/h1-7,14-15,24H,8-13H2. The van der Waals surface area contributed by atoms with Crippen molar-refractivity contribution in [3.05, 3.63) is 71.2 Å². The van der Waals surface area contributed by atoms with Crippen LogP contribution >= 0.6 is 0 Å². The topological polar surface area (TPSA) is 25.0 Å². The van der Waals surface area contributed by atoms with E-state index in [-0.39, 0.29) is 11.4 Å². The van der Waals surface area contributed by atoms with Gasteiger partial charge in [0.1, 0.15) is 11.4 Å². The summed E-state index contributed by atoms with van der Waals surface area (Å²) in [5.74, 6) is 0.296. The van der Waals surface area contributed by atoms with Gasteiger partial charge in [-0.1, -0.05) is 30.3 Å². The fraction of sp³-hybridized carbons (Fsp3) is 0.364. The van der Waals surface area contributed by atoms with Crippen molar-refractivity contribution >= 4 is 10.9 Å². The molecule has 5 rings (SSSR count). The summed E-state index contributed by atoms with van der Waals surface area (Å²) in [6.45, 7) is 0.791. The SMILES string of the molecule is Fc1cccc(C2CCC3(CC2)OCCc2c3[nH]c3ccccc23)c1. The number of ether oxygens (including phenoxy) is 1. The predicted octanol–water partition coefficient (Wildman–Crippen LogP) is 5.43. The van der Waals surface area contributed by atoms with E-state index in [1.54, 1.807) is 6.07 Å². The van der Waals surface area contributed by atoms with E-state index in [1.807, 2.05) is 6.07 Å². The van der Waals surface area contributed by atoms with Crippen molar-refractivity contribution in [1.82, 2.24) is 4.98 Å².